The highest BCUT2D eigenvalue weighted by molar-refractivity contribution is 5.84. The summed E-state index contributed by atoms with van der Waals surface area (Å²) in [5.74, 6) is 0.919. The summed E-state index contributed by atoms with van der Waals surface area (Å²) < 4.78 is 13.1. The van der Waals surface area contributed by atoms with E-state index in [0.29, 0.717) is 24.9 Å². The molecule has 6 heteroatoms. The Morgan fingerprint density at radius 3 is 2.39 bits per heavy atom. The van der Waals surface area contributed by atoms with Gasteiger partial charge in [-0.1, -0.05) is 26.7 Å². The van der Waals surface area contributed by atoms with Gasteiger partial charge >= 0.3 is 0 Å². The molecule has 0 unspecified atom stereocenters. The van der Waals surface area contributed by atoms with Crippen molar-refractivity contribution in [1.29, 1.82) is 0 Å². The van der Waals surface area contributed by atoms with Crippen LogP contribution in [0.2, 0.25) is 0 Å². The molecular formula is C22H32FN3O2. The first-order chi connectivity index (χ1) is 13.4. The zero-order valence-electron chi connectivity index (χ0n) is 17.0. The van der Waals surface area contributed by atoms with E-state index in [4.69, 9.17) is 0 Å². The maximum atomic E-state index is 13.1. The highest BCUT2D eigenvalue weighted by Gasteiger charge is 2.28. The van der Waals surface area contributed by atoms with Crippen LogP contribution >= 0.6 is 0 Å². The quantitative estimate of drug-likeness (QED) is 0.841. The second-order valence-electron chi connectivity index (χ2n) is 8.29. The number of halogens is 1. The Morgan fingerprint density at radius 1 is 1.04 bits per heavy atom. The fourth-order valence-electron chi connectivity index (χ4n) is 4.31. The number of carbonyl (C=O) groups excluding carboxylic acids is 2. The first-order valence-corrected chi connectivity index (χ1v) is 10.5. The van der Waals surface area contributed by atoms with Crippen LogP contribution in [0.25, 0.3) is 0 Å². The van der Waals surface area contributed by atoms with E-state index >= 15 is 0 Å². The molecule has 1 saturated carbocycles. The van der Waals surface area contributed by atoms with Crippen molar-refractivity contribution < 1.29 is 14.0 Å². The van der Waals surface area contributed by atoms with Gasteiger partial charge in [-0.15, -0.1) is 0 Å². The molecule has 1 aliphatic heterocycles. The van der Waals surface area contributed by atoms with Crippen molar-refractivity contribution in [2.24, 2.45) is 11.8 Å². The lowest BCUT2D eigenvalue weighted by molar-refractivity contribution is -0.134. The summed E-state index contributed by atoms with van der Waals surface area (Å²) in [7, 11) is 0. The number of hydrogen-bond donors (Lipinski definition) is 1. The summed E-state index contributed by atoms with van der Waals surface area (Å²) in [6.45, 7) is 7.17. The van der Waals surface area contributed by atoms with E-state index in [1.807, 2.05) is 4.90 Å². The molecule has 154 valence electrons. The van der Waals surface area contributed by atoms with Crippen LogP contribution in [0.15, 0.2) is 24.3 Å². The zero-order valence-corrected chi connectivity index (χ0v) is 17.0. The monoisotopic (exact) mass is 389 g/mol. The van der Waals surface area contributed by atoms with Crippen LogP contribution in [-0.4, -0.2) is 48.9 Å². The molecule has 1 heterocycles. The molecule has 0 radical (unpaired) electrons. The second-order valence-corrected chi connectivity index (χ2v) is 8.29. The molecule has 2 fully saturated rings. The van der Waals surface area contributed by atoms with Crippen LogP contribution < -0.4 is 10.2 Å². The molecular weight excluding hydrogens is 357 g/mol. The number of piperazine rings is 1. The molecule has 1 aromatic carbocycles. The lowest BCUT2D eigenvalue weighted by Gasteiger charge is -2.36. The third-order valence-corrected chi connectivity index (χ3v) is 6.44. The number of amides is 2. The van der Waals surface area contributed by atoms with Crippen molar-refractivity contribution in [1.82, 2.24) is 10.2 Å². The van der Waals surface area contributed by atoms with Gasteiger partial charge in [0, 0.05) is 50.7 Å². The van der Waals surface area contributed by atoms with Crippen LogP contribution in [0.3, 0.4) is 0 Å². The smallest absolute Gasteiger partial charge is 0.223 e. The molecule has 3 atom stereocenters. The summed E-state index contributed by atoms with van der Waals surface area (Å²) >= 11 is 0. The largest absolute Gasteiger partial charge is 0.368 e. The maximum absolute atomic E-state index is 13.1. The lowest BCUT2D eigenvalue weighted by Crippen LogP contribution is -2.49. The average molecular weight is 390 g/mol. The predicted molar refractivity (Wildman–Crippen MR) is 109 cm³/mol. The Balaban J connectivity index is 1.39. The number of nitrogens with one attached hydrogen (secondary N) is 1. The Kier molecular flexibility index (Phi) is 6.92. The number of benzene rings is 1. The van der Waals surface area contributed by atoms with E-state index in [2.05, 4.69) is 24.1 Å². The van der Waals surface area contributed by atoms with Crippen molar-refractivity contribution in [2.75, 3.05) is 31.1 Å². The Bertz CT molecular complexity index is 671. The van der Waals surface area contributed by atoms with Gasteiger partial charge in [0.15, 0.2) is 0 Å². The van der Waals surface area contributed by atoms with Crippen LogP contribution in [0.5, 0.6) is 0 Å². The number of anilines is 1. The van der Waals surface area contributed by atoms with E-state index in [-0.39, 0.29) is 36.5 Å². The molecule has 0 bridgehead atoms. The minimum atomic E-state index is -0.243. The van der Waals surface area contributed by atoms with E-state index in [0.717, 1.165) is 31.6 Å². The van der Waals surface area contributed by atoms with Gasteiger partial charge in [-0.3, -0.25) is 9.59 Å². The Morgan fingerprint density at radius 2 is 1.71 bits per heavy atom. The number of hydrogen-bond acceptors (Lipinski definition) is 3. The molecule has 1 aromatic rings. The van der Waals surface area contributed by atoms with E-state index < -0.39 is 0 Å². The van der Waals surface area contributed by atoms with E-state index in [9.17, 15) is 14.0 Å². The second kappa shape index (κ2) is 9.39. The van der Waals surface area contributed by atoms with Gasteiger partial charge in [0.25, 0.3) is 0 Å². The molecule has 28 heavy (non-hydrogen) atoms. The molecule has 3 rings (SSSR count). The third-order valence-electron chi connectivity index (χ3n) is 6.44. The maximum Gasteiger partial charge on any atom is 0.223 e. The highest BCUT2D eigenvalue weighted by Crippen LogP contribution is 2.29. The van der Waals surface area contributed by atoms with Crippen LogP contribution in [0, 0.1) is 17.7 Å². The van der Waals surface area contributed by atoms with Gasteiger partial charge in [0.2, 0.25) is 11.8 Å². The zero-order chi connectivity index (χ0) is 20.1. The van der Waals surface area contributed by atoms with Gasteiger partial charge in [-0.25, -0.2) is 4.39 Å². The first kappa shape index (κ1) is 20.6. The highest BCUT2D eigenvalue weighted by atomic mass is 19.1. The molecule has 2 aliphatic rings. The molecule has 2 amide bonds. The standard InChI is InChI=1S/C22H32FN3O2/c1-16-4-3-5-20(17(16)2)24-21(27)10-11-22(28)26-14-12-25(13-15-26)19-8-6-18(23)7-9-19/h6-9,16-17,20H,3-5,10-15H2,1-2H3,(H,24,27)/t16-,17+,20-/m0/s1. The van der Waals surface area contributed by atoms with E-state index in [1.54, 1.807) is 12.1 Å². The van der Waals surface area contributed by atoms with Crippen molar-refractivity contribution in [2.45, 2.75) is 52.0 Å². The fraction of sp³-hybridized carbons (Fsp3) is 0.636. The lowest BCUT2D eigenvalue weighted by atomic mass is 9.78. The van der Waals surface area contributed by atoms with Crippen molar-refractivity contribution in [3.63, 3.8) is 0 Å². The van der Waals surface area contributed by atoms with Crippen molar-refractivity contribution in [3.05, 3.63) is 30.1 Å². The van der Waals surface area contributed by atoms with Crippen molar-refractivity contribution in [3.8, 4) is 0 Å². The molecule has 1 N–H and O–H groups in total. The normalized spacial score (nSPS) is 25.5. The van der Waals surface area contributed by atoms with Crippen LogP contribution in [-0.2, 0) is 9.59 Å². The summed E-state index contributed by atoms with van der Waals surface area (Å²) in [6.07, 6.45) is 3.95. The Hall–Kier alpha value is -2.11. The Labute approximate surface area is 167 Å². The van der Waals surface area contributed by atoms with E-state index in [1.165, 1.54) is 18.6 Å². The molecule has 1 saturated heterocycles. The van der Waals surface area contributed by atoms with Gasteiger partial charge in [-0.2, -0.15) is 0 Å². The summed E-state index contributed by atoms with van der Waals surface area (Å²) in [4.78, 5) is 28.8. The van der Waals surface area contributed by atoms with Crippen LogP contribution in [0.1, 0.15) is 46.0 Å². The number of carbonyl (C=O) groups is 2. The average Bonchev–Trinajstić information content (AvgIpc) is 2.70. The summed E-state index contributed by atoms with van der Waals surface area (Å²) in [6, 6.07) is 6.69. The summed E-state index contributed by atoms with van der Waals surface area (Å²) in [5, 5.41) is 3.14. The molecule has 5 nitrogen and oxygen atoms in total. The number of nitrogens with zero attached hydrogens (tertiary/aromatic N) is 2. The van der Waals surface area contributed by atoms with Gasteiger partial charge in [-0.05, 0) is 42.5 Å². The molecule has 1 aliphatic carbocycles. The first-order valence-electron chi connectivity index (χ1n) is 10.5. The predicted octanol–water partition coefficient (Wildman–Crippen LogP) is 3.20. The topological polar surface area (TPSA) is 52.7 Å². The molecule has 0 spiro atoms. The summed E-state index contributed by atoms with van der Waals surface area (Å²) in [5.41, 5.74) is 0.976. The van der Waals surface area contributed by atoms with Crippen LogP contribution in [0.4, 0.5) is 10.1 Å². The van der Waals surface area contributed by atoms with Gasteiger partial charge in [0.05, 0.1) is 0 Å². The third kappa shape index (κ3) is 5.24. The van der Waals surface area contributed by atoms with Gasteiger partial charge in [0.1, 0.15) is 5.82 Å². The minimum Gasteiger partial charge on any atom is -0.368 e. The minimum absolute atomic E-state index is 0.00996. The van der Waals surface area contributed by atoms with Crippen molar-refractivity contribution >= 4 is 17.5 Å². The number of rotatable bonds is 5. The fourth-order valence-corrected chi connectivity index (χ4v) is 4.31. The molecule has 0 aromatic heterocycles. The van der Waals surface area contributed by atoms with Gasteiger partial charge < -0.3 is 15.1 Å². The SMILES string of the molecule is C[C@H]1[C@@H](NC(=O)CCC(=O)N2CCN(c3ccc(F)cc3)CC2)CCC[C@@H]1C.